The normalized spacial score (nSPS) is 14.1. The lowest BCUT2D eigenvalue weighted by atomic mass is 10.1. The summed E-state index contributed by atoms with van der Waals surface area (Å²) in [6.45, 7) is 1.46. The molecule has 5 amide bonds. The molecule has 40 heavy (non-hydrogen) atoms. The number of barbiturate groups is 1. The molecule has 0 saturated carbocycles. The van der Waals surface area contributed by atoms with Gasteiger partial charge in [0.15, 0.2) is 18.1 Å². The van der Waals surface area contributed by atoms with E-state index in [0.717, 1.165) is 6.07 Å². The van der Waals surface area contributed by atoms with E-state index in [1.165, 1.54) is 60.7 Å². The van der Waals surface area contributed by atoms with Gasteiger partial charge in [0.05, 0.1) is 22.9 Å². The first-order valence-electron chi connectivity index (χ1n) is 11.8. The lowest BCUT2D eigenvalue weighted by molar-refractivity contribution is -0.384. The fourth-order valence-electron chi connectivity index (χ4n) is 3.70. The van der Waals surface area contributed by atoms with Crippen LogP contribution in [0.3, 0.4) is 0 Å². The van der Waals surface area contributed by atoms with Crippen LogP contribution in [0.2, 0.25) is 0 Å². The monoisotopic (exact) mass is 548 g/mol. The Bertz CT molecular complexity index is 1550. The van der Waals surface area contributed by atoms with E-state index in [0.29, 0.717) is 10.5 Å². The van der Waals surface area contributed by atoms with E-state index in [-0.39, 0.29) is 35.2 Å². The predicted octanol–water partition coefficient (Wildman–Crippen LogP) is 3.82. The number of nitro benzene ring substituents is 1. The standard InChI is InChI=1S/C27H21FN4O8/c1-2-39-23-13-16(10-11-22(23)40-15-24(33)29-21-9-4-3-8-20(21)28)12-19-25(34)30-27(36)31(26(19)35)17-6-5-7-18(14-17)32(37)38/h3-14H,2,15H2,1H3,(H,29,33)(H,30,34,36)/b19-12-. The molecular weight excluding hydrogens is 527 g/mol. The highest BCUT2D eigenvalue weighted by atomic mass is 19.1. The van der Waals surface area contributed by atoms with Crippen molar-refractivity contribution in [3.8, 4) is 11.5 Å². The van der Waals surface area contributed by atoms with Crippen LogP contribution in [0.1, 0.15) is 12.5 Å². The topological polar surface area (TPSA) is 157 Å². The molecule has 0 bridgehead atoms. The zero-order valence-corrected chi connectivity index (χ0v) is 20.9. The third-order valence-electron chi connectivity index (χ3n) is 5.49. The molecule has 13 heteroatoms. The maximum absolute atomic E-state index is 13.8. The second kappa shape index (κ2) is 11.9. The molecule has 0 aromatic heterocycles. The van der Waals surface area contributed by atoms with Gasteiger partial charge in [0.1, 0.15) is 11.4 Å². The molecule has 3 aromatic carbocycles. The molecule has 1 aliphatic rings. The summed E-state index contributed by atoms with van der Waals surface area (Å²) in [4.78, 5) is 61.4. The molecule has 12 nitrogen and oxygen atoms in total. The number of halogens is 1. The van der Waals surface area contributed by atoms with Crippen LogP contribution in [0, 0.1) is 15.9 Å². The SMILES string of the molecule is CCOc1cc(/C=C2/C(=O)NC(=O)N(c3cccc([N+](=O)[O-])c3)C2=O)ccc1OCC(=O)Nc1ccccc1F. The van der Waals surface area contributed by atoms with Crippen LogP contribution in [-0.2, 0) is 14.4 Å². The number of urea groups is 1. The summed E-state index contributed by atoms with van der Waals surface area (Å²) in [5, 5.41) is 15.6. The van der Waals surface area contributed by atoms with Crippen molar-refractivity contribution in [2.75, 3.05) is 23.4 Å². The zero-order valence-electron chi connectivity index (χ0n) is 20.9. The maximum Gasteiger partial charge on any atom is 0.335 e. The minimum Gasteiger partial charge on any atom is -0.490 e. The number of ether oxygens (including phenoxy) is 2. The Labute approximate surface area is 226 Å². The molecule has 0 aliphatic carbocycles. The molecule has 4 rings (SSSR count). The molecule has 1 aliphatic heterocycles. The van der Waals surface area contributed by atoms with Gasteiger partial charge >= 0.3 is 6.03 Å². The van der Waals surface area contributed by atoms with Gasteiger partial charge < -0.3 is 14.8 Å². The summed E-state index contributed by atoms with van der Waals surface area (Å²) in [6.07, 6.45) is 1.21. The van der Waals surface area contributed by atoms with Crippen molar-refractivity contribution < 1.29 is 38.0 Å². The minimum atomic E-state index is -1.06. The summed E-state index contributed by atoms with van der Waals surface area (Å²) in [6, 6.07) is 13.8. The summed E-state index contributed by atoms with van der Waals surface area (Å²) in [5.74, 6) is -2.81. The van der Waals surface area contributed by atoms with Crippen molar-refractivity contribution in [1.29, 1.82) is 0 Å². The quantitative estimate of drug-likeness (QED) is 0.177. The van der Waals surface area contributed by atoms with Gasteiger partial charge in [-0.05, 0) is 48.9 Å². The van der Waals surface area contributed by atoms with E-state index in [2.05, 4.69) is 5.32 Å². The van der Waals surface area contributed by atoms with Gasteiger partial charge in [0.25, 0.3) is 23.4 Å². The van der Waals surface area contributed by atoms with E-state index < -0.39 is 46.7 Å². The Kier molecular flexibility index (Phi) is 8.13. The van der Waals surface area contributed by atoms with Crippen molar-refractivity contribution in [3.63, 3.8) is 0 Å². The fourth-order valence-corrected chi connectivity index (χ4v) is 3.70. The van der Waals surface area contributed by atoms with Crippen LogP contribution < -0.4 is 25.0 Å². The first-order valence-corrected chi connectivity index (χ1v) is 11.8. The Morgan fingerprint density at radius 3 is 2.55 bits per heavy atom. The highest BCUT2D eigenvalue weighted by Crippen LogP contribution is 2.31. The summed E-state index contributed by atoms with van der Waals surface area (Å²) in [7, 11) is 0. The van der Waals surface area contributed by atoms with Crippen molar-refractivity contribution in [1.82, 2.24) is 5.32 Å². The molecule has 204 valence electrons. The van der Waals surface area contributed by atoms with Gasteiger partial charge in [0.2, 0.25) is 0 Å². The Morgan fingerprint density at radius 1 is 1.05 bits per heavy atom. The second-order valence-electron chi connectivity index (χ2n) is 8.19. The molecule has 0 spiro atoms. The van der Waals surface area contributed by atoms with E-state index >= 15 is 0 Å². The number of benzene rings is 3. The predicted molar refractivity (Wildman–Crippen MR) is 140 cm³/mol. The number of para-hydroxylation sites is 1. The molecular formula is C27H21FN4O8. The second-order valence-corrected chi connectivity index (χ2v) is 8.19. The molecule has 1 fully saturated rings. The summed E-state index contributed by atoms with van der Waals surface area (Å²) < 4.78 is 24.9. The minimum absolute atomic E-state index is 0.00355. The summed E-state index contributed by atoms with van der Waals surface area (Å²) >= 11 is 0. The summed E-state index contributed by atoms with van der Waals surface area (Å²) in [5.41, 5.74) is -0.538. The van der Waals surface area contributed by atoms with Crippen molar-refractivity contribution in [3.05, 3.63) is 93.8 Å². The number of imide groups is 2. The molecule has 0 radical (unpaired) electrons. The van der Waals surface area contributed by atoms with E-state index in [9.17, 15) is 33.7 Å². The number of nitrogens with zero attached hydrogens (tertiary/aromatic N) is 2. The van der Waals surface area contributed by atoms with E-state index in [1.807, 2.05) is 5.32 Å². The molecule has 1 heterocycles. The number of nitro groups is 1. The third kappa shape index (κ3) is 6.10. The van der Waals surface area contributed by atoms with Gasteiger partial charge in [-0.2, -0.15) is 0 Å². The number of hydrogen-bond acceptors (Lipinski definition) is 8. The van der Waals surface area contributed by atoms with Gasteiger partial charge in [-0.25, -0.2) is 14.1 Å². The highest BCUT2D eigenvalue weighted by Gasteiger charge is 2.37. The molecule has 0 atom stereocenters. The number of hydrogen-bond donors (Lipinski definition) is 2. The first-order chi connectivity index (χ1) is 19.2. The largest absolute Gasteiger partial charge is 0.490 e. The van der Waals surface area contributed by atoms with E-state index in [1.54, 1.807) is 13.0 Å². The Morgan fingerprint density at radius 2 is 1.82 bits per heavy atom. The van der Waals surface area contributed by atoms with Gasteiger partial charge in [-0.3, -0.25) is 29.8 Å². The van der Waals surface area contributed by atoms with Crippen molar-refractivity contribution >= 4 is 46.9 Å². The van der Waals surface area contributed by atoms with Crippen molar-refractivity contribution in [2.45, 2.75) is 6.92 Å². The highest BCUT2D eigenvalue weighted by molar-refractivity contribution is 6.39. The maximum atomic E-state index is 13.8. The molecule has 0 unspecified atom stereocenters. The van der Waals surface area contributed by atoms with Crippen LogP contribution in [-0.4, -0.2) is 41.9 Å². The van der Waals surface area contributed by atoms with Crippen LogP contribution in [0.25, 0.3) is 6.08 Å². The van der Waals surface area contributed by atoms with Crippen LogP contribution in [0.15, 0.2) is 72.3 Å². The Hall–Kier alpha value is -5.59. The molecule has 2 N–H and O–H groups in total. The number of non-ortho nitro benzene ring substituents is 1. The Balaban J connectivity index is 1.56. The lowest BCUT2D eigenvalue weighted by Crippen LogP contribution is -2.54. The lowest BCUT2D eigenvalue weighted by Gasteiger charge is -2.26. The average molecular weight is 548 g/mol. The number of carbonyl (C=O) groups excluding carboxylic acids is 4. The van der Waals surface area contributed by atoms with Crippen LogP contribution >= 0.6 is 0 Å². The van der Waals surface area contributed by atoms with Crippen LogP contribution in [0.5, 0.6) is 11.5 Å². The number of amides is 5. The number of rotatable bonds is 9. The fraction of sp³-hybridized carbons (Fsp3) is 0.111. The molecule has 3 aromatic rings. The van der Waals surface area contributed by atoms with Crippen molar-refractivity contribution in [2.24, 2.45) is 0 Å². The number of anilines is 2. The molecule has 1 saturated heterocycles. The van der Waals surface area contributed by atoms with Gasteiger partial charge in [0, 0.05) is 12.1 Å². The van der Waals surface area contributed by atoms with E-state index in [4.69, 9.17) is 9.47 Å². The number of nitrogens with one attached hydrogen (secondary N) is 2. The number of carbonyl (C=O) groups is 4. The van der Waals surface area contributed by atoms with Crippen LogP contribution in [0.4, 0.5) is 26.2 Å². The van der Waals surface area contributed by atoms with Gasteiger partial charge in [-0.1, -0.05) is 24.3 Å². The first kappa shape index (κ1) is 27.4. The van der Waals surface area contributed by atoms with Gasteiger partial charge in [-0.15, -0.1) is 0 Å². The smallest absolute Gasteiger partial charge is 0.335 e. The third-order valence-corrected chi connectivity index (χ3v) is 5.49. The average Bonchev–Trinajstić information content (AvgIpc) is 2.92. The zero-order chi connectivity index (χ0) is 28.8.